The Morgan fingerprint density at radius 3 is 2.89 bits per heavy atom. The number of carbonyl (C=O) groups is 1. The molecule has 4 rings (SSSR count). The summed E-state index contributed by atoms with van der Waals surface area (Å²) in [5, 5.41) is 4.00. The van der Waals surface area contributed by atoms with Crippen LogP contribution in [0.3, 0.4) is 0 Å². The van der Waals surface area contributed by atoms with E-state index in [0.717, 1.165) is 17.6 Å². The lowest BCUT2D eigenvalue weighted by atomic mass is 10.1. The zero-order valence-electron chi connectivity index (χ0n) is 15.9. The smallest absolute Gasteiger partial charge is 0.255 e. The molecule has 0 unspecified atom stereocenters. The molecule has 0 radical (unpaired) electrons. The average Bonchev–Trinajstić information content (AvgIpc) is 3.26. The quantitative estimate of drug-likeness (QED) is 0.637. The molecule has 8 nitrogen and oxygen atoms in total. The van der Waals surface area contributed by atoms with Gasteiger partial charge in [-0.05, 0) is 31.7 Å². The fourth-order valence-electron chi connectivity index (χ4n) is 3.12. The van der Waals surface area contributed by atoms with Crippen LogP contribution in [-0.2, 0) is 13.0 Å². The summed E-state index contributed by atoms with van der Waals surface area (Å²) >= 11 is 0. The maximum Gasteiger partial charge on any atom is 0.255 e. The standard InChI is InChI=1S/C19H24N6O2/c1-4-24(10-16-22-17(27-23-16)7-12(2)3)19(26)13-8-15-18(20-9-13)25(11-21-15)14-5-6-14/h8-9,11-12,14H,4-7,10H2,1-3H3. The van der Waals surface area contributed by atoms with Gasteiger partial charge in [-0.25, -0.2) is 9.97 Å². The topological polar surface area (TPSA) is 89.9 Å². The lowest BCUT2D eigenvalue weighted by Crippen LogP contribution is -2.30. The van der Waals surface area contributed by atoms with Gasteiger partial charge in [-0.2, -0.15) is 4.98 Å². The van der Waals surface area contributed by atoms with Gasteiger partial charge >= 0.3 is 0 Å². The van der Waals surface area contributed by atoms with E-state index >= 15 is 0 Å². The molecule has 0 saturated heterocycles. The fraction of sp³-hybridized carbons (Fsp3) is 0.526. The van der Waals surface area contributed by atoms with E-state index in [-0.39, 0.29) is 5.91 Å². The van der Waals surface area contributed by atoms with Gasteiger partial charge in [-0.3, -0.25) is 4.79 Å². The summed E-state index contributed by atoms with van der Waals surface area (Å²) in [6.45, 7) is 6.98. The van der Waals surface area contributed by atoms with E-state index in [4.69, 9.17) is 4.52 Å². The minimum absolute atomic E-state index is 0.108. The van der Waals surface area contributed by atoms with Crippen molar-refractivity contribution in [2.75, 3.05) is 6.54 Å². The molecule has 0 aliphatic heterocycles. The Hall–Kier alpha value is -2.77. The highest BCUT2D eigenvalue weighted by molar-refractivity contribution is 5.96. The van der Waals surface area contributed by atoms with E-state index in [0.29, 0.717) is 42.3 Å². The second kappa shape index (κ2) is 7.09. The first-order valence-electron chi connectivity index (χ1n) is 9.48. The van der Waals surface area contributed by atoms with Crippen molar-refractivity contribution in [1.29, 1.82) is 0 Å². The van der Waals surface area contributed by atoms with Gasteiger partial charge in [0.05, 0.1) is 18.4 Å². The van der Waals surface area contributed by atoms with Crippen LogP contribution in [0, 0.1) is 5.92 Å². The SMILES string of the molecule is CCN(Cc1noc(CC(C)C)n1)C(=O)c1cnc2c(c1)ncn2C1CC1. The Bertz CT molecular complexity index is 956. The van der Waals surface area contributed by atoms with E-state index in [9.17, 15) is 4.79 Å². The van der Waals surface area contributed by atoms with Crippen molar-refractivity contribution in [3.8, 4) is 0 Å². The number of imidazole rings is 1. The van der Waals surface area contributed by atoms with Crippen molar-refractivity contribution in [2.24, 2.45) is 5.92 Å². The molecule has 142 valence electrons. The van der Waals surface area contributed by atoms with Gasteiger partial charge < -0.3 is 14.0 Å². The van der Waals surface area contributed by atoms with Crippen LogP contribution >= 0.6 is 0 Å². The Morgan fingerprint density at radius 1 is 1.37 bits per heavy atom. The highest BCUT2D eigenvalue weighted by atomic mass is 16.5. The van der Waals surface area contributed by atoms with Crippen LogP contribution in [-0.4, -0.2) is 42.0 Å². The number of fused-ring (bicyclic) bond motifs is 1. The summed E-state index contributed by atoms with van der Waals surface area (Å²) < 4.78 is 7.36. The van der Waals surface area contributed by atoms with Crippen LogP contribution in [0.15, 0.2) is 23.1 Å². The summed E-state index contributed by atoms with van der Waals surface area (Å²) in [7, 11) is 0. The van der Waals surface area contributed by atoms with Gasteiger partial charge in [0.2, 0.25) is 5.89 Å². The van der Waals surface area contributed by atoms with Crippen LogP contribution < -0.4 is 0 Å². The first-order chi connectivity index (χ1) is 13.0. The number of hydrogen-bond donors (Lipinski definition) is 0. The Kier molecular flexibility index (Phi) is 4.63. The molecule has 1 aliphatic carbocycles. The third-order valence-electron chi connectivity index (χ3n) is 4.69. The number of carbonyl (C=O) groups excluding carboxylic acids is 1. The summed E-state index contributed by atoms with van der Waals surface area (Å²) in [5.41, 5.74) is 2.12. The van der Waals surface area contributed by atoms with Gasteiger partial charge in [-0.15, -0.1) is 0 Å². The second-order valence-electron chi connectivity index (χ2n) is 7.47. The van der Waals surface area contributed by atoms with Gasteiger partial charge in [-0.1, -0.05) is 19.0 Å². The monoisotopic (exact) mass is 368 g/mol. The molecule has 1 fully saturated rings. The Labute approximate surface area is 157 Å². The first kappa shape index (κ1) is 17.6. The summed E-state index contributed by atoms with van der Waals surface area (Å²) in [5.74, 6) is 1.46. The minimum atomic E-state index is -0.108. The van der Waals surface area contributed by atoms with E-state index < -0.39 is 0 Å². The minimum Gasteiger partial charge on any atom is -0.339 e. The normalized spacial score (nSPS) is 14.2. The van der Waals surface area contributed by atoms with Gasteiger partial charge in [0.1, 0.15) is 5.52 Å². The van der Waals surface area contributed by atoms with Gasteiger partial charge in [0.15, 0.2) is 11.5 Å². The molecule has 3 aromatic heterocycles. The van der Waals surface area contributed by atoms with Crippen molar-refractivity contribution < 1.29 is 9.32 Å². The van der Waals surface area contributed by atoms with Gasteiger partial charge in [0.25, 0.3) is 5.91 Å². The lowest BCUT2D eigenvalue weighted by Gasteiger charge is -2.18. The average molecular weight is 368 g/mol. The maximum atomic E-state index is 12.9. The van der Waals surface area contributed by atoms with Crippen molar-refractivity contribution in [2.45, 2.75) is 52.6 Å². The third kappa shape index (κ3) is 3.70. The number of nitrogens with zero attached hydrogens (tertiary/aromatic N) is 6. The fourth-order valence-corrected chi connectivity index (χ4v) is 3.12. The van der Waals surface area contributed by atoms with Crippen LogP contribution in [0.1, 0.15) is 61.7 Å². The largest absolute Gasteiger partial charge is 0.339 e. The molecule has 8 heteroatoms. The molecule has 0 spiro atoms. The summed E-state index contributed by atoms with van der Waals surface area (Å²) in [4.78, 5) is 27.9. The van der Waals surface area contributed by atoms with Crippen LogP contribution in [0.2, 0.25) is 0 Å². The summed E-state index contributed by atoms with van der Waals surface area (Å²) in [6, 6.07) is 2.32. The van der Waals surface area contributed by atoms with E-state index in [1.54, 1.807) is 11.1 Å². The zero-order chi connectivity index (χ0) is 19.0. The molecular formula is C19H24N6O2. The molecule has 0 N–H and O–H groups in total. The lowest BCUT2D eigenvalue weighted by molar-refractivity contribution is 0.0747. The number of amides is 1. The molecule has 0 aromatic carbocycles. The highest BCUT2D eigenvalue weighted by Gasteiger charge is 2.26. The molecule has 3 heterocycles. The van der Waals surface area contributed by atoms with Crippen molar-refractivity contribution in [3.05, 3.63) is 35.9 Å². The maximum absolute atomic E-state index is 12.9. The number of aromatic nitrogens is 5. The van der Waals surface area contributed by atoms with Crippen LogP contribution in [0.5, 0.6) is 0 Å². The van der Waals surface area contributed by atoms with Crippen LogP contribution in [0.25, 0.3) is 11.2 Å². The zero-order valence-corrected chi connectivity index (χ0v) is 15.9. The molecule has 0 bridgehead atoms. The highest BCUT2D eigenvalue weighted by Crippen LogP contribution is 2.36. The Morgan fingerprint density at radius 2 is 2.19 bits per heavy atom. The molecule has 1 aliphatic rings. The third-order valence-corrected chi connectivity index (χ3v) is 4.69. The number of hydrogen-bond acceptors (Lipinski definition) is 6. The molecule has 0 atom stereocenters. The molecule has 3 aromatic rings. The Balaban J connectivity index is 1.51. The van der Waals surface area contributed by atoms with Crippen molar-refractivity contribution in [3.63, 3.8) is 0 Å². The molecular weight excluding hydrogens is 344 g/mol. The first-order valence-corrected chi connectivity index (χ1v) is 9.48. The number of rotatable bonds is 7. The molecule has 1 amide bonds. The molecule has 27 heavy (non-hydrogen) atoms. The van der Waals surface area contributed by atoms with E-state index in [2.05, 4.69) is 38.5 Å². The predicted molar refractivity (Wildman–Crippen MR) is 99.1 cm³/mol. The van der Waals surface area contributed by atoms with E-state index in [1.807, 2.05) is 19.3 Å². The van der Waals surface area contributed by atoms with Crippen molar-refractivity contribution in [1.82, 2.24) is 29.6 Å². The summed E-state index contributed by atoms with van der Waals surface area (Å²) in [6.07, 6.45) is 6.52. The van der Waals surface area contributed by atoms with Crippen molar-refractivity contribution >= 4 is 17.1 Å². The van der Waals surface area contributed by atoms with E-state index in [1.165, 1.54) is 12.8 Å². The number of pyridine rings is 1. The predicted octanol–water partition coefficient (Wildman–Crippen LogP) is 3.01. The second-order valence-corrected chi connectivity index (χ2v) is 7.47. The van der Waals surface area contributed by atoms with Crippen LogP contribution in [0.4, 0.5) is 0 Å². The van der Waals surface area contributed by atoms with Gasteiger partial charge in [0, 0.05) is 25.2 Å². The molecule has 1 saturated carbocycles.